The van der Waals surface area contributed by atoms with Gasteiger partial charge in [-0.2, -0.15) is 4.21 Å². The summed E-state index contributed by atoms with van der Waals surface area (Å²) in [6.45, 7) is 0. The van der Waals surface area contributed by atoms with Crippen LogP contribution in [0.25, 0.3) is 0 Å². The first-order chi connectivity index (χ1) is 1.00. The quantitative estimate of drug-likeness (QED) is 0.484. The summed E-state index contributed by atoms with van der Waals surface area (Å²) in [5, 5.41) is 0. The molecule has 0 atom stereocenters. The molecule has 0 bridgehead atoms. The van der Waals surface area contributed by atoms with E-state index in [4.69, 9.17) is 4.21 Å². The first-order valence-corrected chi connectivity index (χ1v) is 0.500. The van der Waals surface area contributed by atoms with E-state index < -0.39 is 0 Å². The summed E-state index contributed by atoms with van der Waals surface area (Å²) < 4.78 is 7.83. The van der Waals surface area contributed by atoms with Crippen molar-refractivity contribution in [1.29, 1.82) is 0 Å². The normalized spacial score (nSPS) is 1.00. The van der Waals surface area contributed by atoms with Crippen molar-refractivity contribution in [3.8, 4) is 0 Å². The third-order valence-corrected chi connectivity index (χ3v) is 0. The van der Waals surface area contributed by atoms with Crippen LogP contribution in [-0.2, 0) is 56.6 Å². The number of rotatable bonds is 0. The van der Waals surface area contributed by atoms with E-state index in [0.717, 1.165) is 0 Å². The summed E-state index contributed by atoms with van der Waals surface area (Å²) in [6, 6.07) is 0. The van der Waals surface area contributed by atoms with Crippen LogP contribution in [-0.4, -0.2) is 4.21 Å². The van der Waals surface area contributed by atoms with Crippen LogP contribution in [0.1, 0.15) is 0 Å². The zero-order valence-electron chi connectivity index (χ0n) is 1.76. The molecule has 21 valence electrons. The Labute approximate surface area is 60.5 Å². The van der Waals surface area contributed by atoms with Crippen LogP contribution in [0.4, 0.5) is 0 Å². The minimum atomic E-state index is 0. The zero-order valence-corrected chi connectivity index (χ0v) is 6.34. The van der Waals surface area contributed by atoms with Gasteiger partial charge in [0.1, 0.15) is 0 Å². The van der Waals surface area contributed by atoms with Crippen molar-refractivity contribution in [2.24, 2.45) is 0 Å². The Bertz CT molecular complexity index is 8.00. The fraction of sp³-hybridized carbons (Fsp3) is 0. The second-order valence-corrected chi connectivity index (χ2v) is 0. The summed E-state index contributed by atoms with van der Waals surface area (Å²) in [6.07, 6.45) is 0. The second-order valence-electron chi connectivity index (χ2n) is 0. The van der Waals surface area contributed by atoms with Gasteiger partial charge in [0, 0.05) is 44.1 Å². The van der Waals surface area contributed by atoms with Crippen molar-refractivity contribution >= 4 is 12.5 Å². The maximum Gasteiger partial charge on any atom is 0.197 e. The van der Waals surface area contributed by atoms with Crippen molar-refractivity contribution in [2.45, 2.75) is 0 Å². The van der Waals surface area contributed by atoms with Crippen molar-refractivity contribution in [3.05, 3.63) is 0 Å². The van der Waals surface area contributed by atoms with E-state index in [2.05, 4.69) is 12.5 Å². The van der Waals surface area contributed by atoms with E-state index in [0.29, 0.717) is 0 Å². The van der Waals surface area contributed by atoms with Crippen LogP contribution in [0.15, 0.2) is 0 Å². The van der Waals surface area contributed by atoms with Gasteiger partial charge >= 0.3 is 0 Å². The summed E-state index contributed by atoms with van der Waals surface area (Å²) >= 11 is 2.83. The molecular weight excluding hydrogens is 189 g/mol. The molecule has 0 saturated carbocycles. The third kappa shape index (κ3) is 9.79. The van der Waals surface area contributed by atoms with E-state index in [9.17, 15) is 0 Å². The fourth-order valence-corrected chi connectivity index (χ4v) is 0. The molecule has 0 N–H and O–H groups in total. The van der Waals surface area contributed by atoms with Crippen molar-refractivity contribution in [2.75, 3.05) is 0 Å². The molecule has 0 spiro atoms. The molecular formula is NbOSTi. The first kappa shape index (κ1) is 17.9. The van der Waals surface area contributed by atoms with Crippen LogP contribution in [0.2, 0.25) is 0 Å². The molecule has 0 unspecified atom stereocenters. The molecule has 0 aliphatic rings. The Morgan fingerprint density at radius 3 is 1.25 bits per heavy atom. The molecule has 1 nitrogen and oxygen atoms in total. The van der Waals surface area contributed by atoms with Crippen LogP contribution in [0.5, 0.6) is 0 Å². The van der Waals surface area contributed by atoms with Gasteiger partial charge in [-0.05, 0) is 0 Å². The topological polar surface area (TPSA) is 17.1 Å². The molecule has 0 amide bonds. The molecule has 0 saturated heterocycles. The molecule has 0 aliphatic heterocycles. The Balaban J connectivity index is -0.00000000500. The van der Waals surface area contributed by atoms with Gasteiger partial charge in [0.05, 0.1) is 0 Å². The second kappa shape index (κ2) is 24.8. The molecule has 1 radical (unpaired) electrons. The Morgan fingerprint density at radius 2 is 1.25 bits per heavy atom. The standard InChI is InChI=1S/Nb.OS.Ti/c;1-2;. The first-order valence-electron chi connectivity index (χ1n) is 0.167. The maximum atomic E-state index is 7.83. The van der Waals surface area contributed by atoms with Crippen LogP contribution in [0, 0.1) is 0 Å². The number of hydrogen-bond acceptors (Lipinski definition) is 2. The van der Waals surface area contributed by atoms with Crippen LogP contribution >= 0.6 is 0 Å². The van der Waals surface area contributed by atoms with Gasteiger partial charge in [0.25, 0.3) is 0 Å². The molecule has 4 heteroatoms. The van der Waals surface area contributed by atoms with Gasteiger partial charge in [0.15, 0.2) is 12.5 Å². The van der Waals surface area contributed by atoms with Crippen LogP contribution in [0.3, 0.4) is 0 Å². The summed E-state index contributed by atoms with van der Waals surface area (Å²) in [4.78, 5) is 0. The Kier molecular flexibility index (Phi) is 111. The summed E-state index contributed by atoms with van der Waals surface area (Å²) in [5.41, 5.74) is 0. The van der Waals surface area contributed by atoms with E-state index >= 15 is 0 Å². The van der Waals surface area contributed by atoms with Crippen LogP contribution < -0.4 is 0 Å². The van der Waals surface area contributed by atoms with E-state index in [1.165, 1.54) is 0 Å². The average Bonchev–Trinajstić information content (AvgIpc) is 1.00. The molecule has 0 aromatic heterocycles. The average molecular weight is 189 g/mol. The van der Waals surface area contributed by atoms with Gasteiger partial charge in [-0.3, -0.25) is 0 Å². The van der Waals surface area contributed by atoms with E-state index in [1.54, 1.807) is 0 Å². The minimum Gasteiger partial charge on any atom is -0.197 e. The van der Waals surface area contributed by atoms with Crippen molar-refractivity contribution < 1.29 is 48.3 Å². The molecule has 4 heavy (non-hydrogen) atoms. The van der Waals surface area contributed by atoms with Crippen molar-refractivity contribution in [1.82, 2.24) is 0 Å². The summed E-state index contributed by atoms with van der Waals surface area (Å²) in [5.74, 6) is 0. The third-order valence-electron chi connectivity index (χ3n) is 0. The summed E-state index contributed by atoms with van der Waals surface area (Å²) in [7, 11) is 0. The number of hydrogen-bond donors (Lipinski definition) is 0. The van der Waals surface area contributed by atoms with Gasteiger partial charge < -0.3 is 0 Å². The van der Waals surface area contributed by atoms with Gasteiger partial charge in [0.2, 0.25) is 0 Å². The zero-order chi connectivity index (χ0) is 2.00. The SMILES string of the molecule is O=S.[Nb].[Ti]. The molecule has 0 aromatic carbocycles. The van der Waals surface area contributed by atoms with Crippen molar-refractivity contribution in [3.63, 3.8) is 0 Å². The maximum absolute atomic E-state index is 7.83. The predicted octanol–water partition coefficient (Wildman–Crippen LogP) is -0.341. The predicted molar refractivity (Wildman–Crippen MR) is 8.14 cm³/mol. The largest absolute Gasteiger partial charge is 0.197 e. The fourth-order valence-electron chi connectivity index (χ4n) is 0. The Hall–Kier alpha value is 1.47. The van der Waals surface area contributed by atoms with Gasteiger partial charge in [-0.1, -0.05) is 0 Å². The molecule has 0 aliphatic carbocycles. The van der Waals surface area contributed by atoms with Gasteiger partial charge in [-0.25, -0.2) is 0 Å². The van der Waals surface area contributed by atoms with Gasteiger partial charge in [-0.15, -0.1) is 0 Å². The van der Waals surface area contributed by atoms with E-state index in [-0.39, 0.29) is 44.1 Å². The Morgan fingerprint density at radius 1 is 1.25 bits per heavy atom. The molecule has 0 fully saturated rings. The van der Waals surface area contributed by atoms with E-state index in [1.807, 2.05) is 0 Å². The minimum absolute atomic E-state index is 0. The molecule has 0 heterocycles. The molecule has 0 aromatic rings. The molecule has 0 rings (SSSR count). The monoisotopic (exact) mass is 189 g/mol. The smallest absolute Gasteiger partial charge is 0.197 e.